The van der Waals surface area contributed by atoms with Gasteiger partial charge in [0.15, 0.2) is 0 Å². The van der Waals surface area contributed by atoms with Crippen LogP contribution in [0.1, 0.15) is 24.2 Å². The maximum atomic E-state index is 11.1. The average Bonchev–Trinajstić information content (AvgIpc) is 2.67. The lowest BCUT2D eigenvalue weighted by Gasteiger charge is -2.18. The molecule has 0 saturated heterocycles. The molecule has 18 heavy (non-hydrogen) atoms. The Morgan fingerprint density at radius 3 is 2.83 bits per heavy atom. The summed E-state index contributed by atoms with van der Waals surface area (Å²) in [6.07, 6.45) is 1.75. The molecule has 0 saturated carbocycles. The van der Waals surface area contributed by atoms with Crippen LogP contribution in [0.4, 0.5) is 0 Å². The minimum absolute atomic E-state index is 0.267. The second kappa shape index (κ2) is 5.02. The van der Waals surface area contributed by atoms with Crippen molar-refractivity contribution in [2.75, 3.05) is 13.7 Å². The van der Waals surface area contributed by atoms with Crippen LogP contribution in [0.2, 0.25) is 0 Å². The fraction of sp³-hybridized carbons (Fsp3) is 0.385. The van der Waals surface area contributed by atoms with Crippen molar-refractivity contribution in [2.24, 2.45) is 5.10 Å². The number of aromatic nitrogens is 1. The molecule has 2 heterocycles. The Bertz CT molecular complexity index is 516. The van der Waals surface area contributed by atoms with Gasteiger partial charge in [0.2, 0.25) is 5.90 Å². The van der Waals surface area contributed by atoms with Gasteiger partial charge in [-0.2, -0.15) is 0 Å². The fourth-order valence-electron chi connectivity index (χ4n) is 1.92. The highest BCUT2D eigenvalue weighted by Gasteiger charge is 2.33. The molecule has 1 aromatic heterocycles. The SMILES string of the molecule is CCOC1=NN(C)C(c2ccc(C)nc2)C1=C=O. The van der Waals surface area contributed by atoms with Gasteiger partial charge in [-0.15, -0.1) is 5.10 Å². The van der Waals surface area contributed by atoms with E-state index in [2.05, 4.69) is 10.1 Å². The summed E-state index contributed by atoms with van der Waals surface area (Å²) in [6.45, 7) is 4.24. The largest absolute Gasteiger partial charge is 0.476 e. The normalized spacial score (nSPS) is 18.6. The number of carbonyl (C=O) groups excluding carboxylic acids is 1. The number of ether oxygens (including phenoxy) is 1. The van der Waals surface area contributed by atoms with Gasteiger partial charge in [-0.1, -0.05) is 6.07 Å². The molecule has 0 bridgehead atoms. The monoisotopic (exact) mass is 245 g/mol. The van der Waals surface area contributed by atoms with Crippen LogP contribution in [0.5, 0.6) is 0 Å². The van der Waals surface area contributed by atoms with Crippen LogP contribution < -0.4 is 0 Å². The van der Waals surface area contributed by atoms with E-state index in [0.717, 1.165) is 11.3 Å². The molecule has 1 atom stereocenters. The first kappa shape index (κ1) is 12.3. The molecular formula is C13H15N3O2. The summed E-state index contributed by atoms with van der Waals surface area (Å²) in [5.74, 6) is 2.28. The molecule has 0 aliphatic carbocycles. The molecule has 1 aromatic rings. The van der Waals surface area contributed by atoms with E-state index in [1.165, 1.54) is 0 Å². The number of hydrogen-bond donors (Lipinski definition) is 0. The lowest BCUT2D eigenvalue weighted by Crippen LogP contribution is -2.17. The average molecular weight is 245 g/mol. The van der Waals surface area contributed by atoms with Crippen LogP contribution in [0, 0.1) is 6.92 Å². The van der Waals surface area contributed by atoms with Gasteiger partial charge < -0.3 is 4.74 Å². The molecule has 2 rings (SSSR count). The van der Waals surface area contributed by atoms with E-state index in [-0.39, 0.29) is 6.04 Å². The minimum atomic E-state index is -0.267. The van der Waals surface area contributed by atoms with Gasteiger partial charge in [0.1, 0.15) is 17.6 Å². The molecule has 0 amide bonds. The highest BCUT2D eigenvalue weighted by molar-refractivity contribution is 6.03. The zero-order chi connectivity index (χ0) is 13.1. The number of nitrogens with zero attached hydrogens (tertiary/aromatic N) is 3. The number of aryl methyl sites for hydroxylation is 1. The third-order valence-corrected chi connectivity index (χ3v) is 2.77. The lowest BCUT2D eigenvalue weighted by atomic mass is 10.0. The van der Waals surface area contributed by atoms with Crippen LogP contribution in [-0.2, 0) is 9.53 Å². The van der Waals surface area contributed by atoms with E-state index in [4.69, 9.17) is 4.74 Å². The Balaban J connectivity index is 2.35. The number of rotatable bonds is 2. The summed E-state index contributed by atoms with van der Waals surface area (Å²) >= 11 is 0. The van der Waals surface area contributed by atoms with Crippen molar-refractivity contribution in [1.29, 1.82) is 0 Å². The zero-order valence-corrected chi connectivity index (χ0v) is 10.7. The van der Waals surface area contributed by atoms with Crippen molar-refractivity contribution >= 4 is 11.8 Å². The maximum Gasteiger partial charge on any atom is 0.247 e. The molecule has 1 aliphatic rings. The van der Waals surface area contributed by atoms with E-state index >= 15 is 0 Å². The van der Waals surface area contributed by atoms with E-state index < -0.39 is 0 Å². The second-order valence-electron chi connectivity index (χ2n) is 4.06. The first-order valence-electron chi connectivity index (χ1n) is 5.79. The van der Waals surface area contributed by atoms with Gasteiger partial charge in [-0.3, -0.25) is 9.99 Å². The first-order valence-corrected chi connectivity index (χ1v) is 5.79. The predicted octanol–water partition coefficient (Wildman–Crippen LogP) is 1.48. The van der Waals surface area contributed by atoms with E-state index in [1.54, 1.807) is 18.3 Å². The van der Waals surface area contributed by atoms with Gasteiger partial charge >= 0.3 is 0 Å². The third kappa shape index (κ3) is 2.13. The van der Waals surface area contributed by atoms with Gasteiger partial charge in [0.25, 0.3) is 0 Å². The van der Waals surface area contributed by atoms with Crippen LogP contribution in [0.25, 0.3) is 0 Å². The third-order valence-electron chi connectivity index (χ3n) is 2.77. The predicted molar refractivity (Wildman–Crippen MR) is 67.7 cm³/mol. The lowest BCUT2D eigenvalue weighted by molar-refractivity contribution is 0.302. The molecule has 0 radical (unpaired) electrons. The standard InChI is InChI=1S/C13H15N3O2/c1-4-18-13-11(8-17)12(16(3)15-13)10-6-5-9(2)14-7-10/h5-7,12H,4H2,1-3H3. The van der Waals surface area contributed by atoms with Gasteiger partial charge in [0, 0.05) is 18.9 Å². The number of hydrazone groups is 1. The van der Waals surface area contributed by atoms with Gasteiger partial charge in [0.05, 0.1) is 6.61 Å². The Morgan fingerprint density at radius 2 is 2.28 bits per heavy atom. The number of pyridine rings is 1. The summed E-state index contributed by atoms with van der Waals surface area (Å²) in [7, 11) is 1.80. The molecule has 1 unspecified atom stereocenters. The Kier molecular flexibility index (Phi) is 3.44. The van der Waals surface area contributed by atoms with Crippen LogP contribution in [-0.4, -0.2) is 35.5 Å². The highest BCUT2D eigenvalue weighted by Crippen LogP contribution is 2.32. The van der Waals surface area contributed by atoms with Gasteiger partial charge in [-0.05, 0) is 25.5 Å². The molecule has 0 fully saturated rings. The molecule has 0 spiro atoms. The smallest absolute Gasteiger partial charge is 0.247 e. The summed E-state index contributed by atoms with van der Waals surface area (Å²) in [5.41, 5.74) is 2.26. The number of likely N-dealkylation sites (N-methyl/N-ethyl adjacent to an activating group) is 1. The van der Waals surface area contributed by atoms with Crippen molar-refractivity contribution in [2.45, 2.75) is 19.9 Å². The zero-order valence-electron chi connectivity index (χ0n) is 10.7. The van der Waals surface area contributed by atoms with Crippen LogP contribution in [0.3, 0.4) is 0 Å². The summed E-state index contributed by atoms with van der Waals surface area (Å²) in [4.78, 5) is 15.4. The summed E-state index contributed by atoms with van der Waals surface area (Å²) < 4.78 is 5.34. The van der Waals surface area contributed by atoms with E-state index in [9.17, 15) is 4.79 Å². The van der Waals surface area contributed by atoms with Crippen molar-refractivity contribution in [3.8, 4) is 0 Å². The Labute approximate surface area is 106 Å². The molecule has 5 nitrogen and oxygen atoms in total. The maximum absolute atomic E-state index is 11.1. The Morgan fingerprint density at radius 1 is 1.50 bits per heavy atom. The minimum Gasteiger partial charge on any atom is -0.476 e. The van der Waals surface area contributed by atoms with Crippen molar-refractivity contribution in [3.05, 3.63) is 35.2 Å². The van der Waals surface area contributed by atoms with Crippen molar-refractivity contribution in [3.63, 3.8) is 0 Å². The molecule has 0 aromatic carbocycles. The topological polar surface area (TPSA) is 54.8 Å². The van der Waals surface area contributed by atoms with Gasteiger partial charge in [-0.25, -0.2) is 4.79 Å². The molecule has 5 heteroatoms. The van der Waals surface area contributed by atoms with Crippen LogP contribution >= 0.6 is 0 Å². The fourth-order valence-corrected chi connectivity index (χ4v) is 1.92. The molecule has 0 N–H and O–H groups in total. The molecular weight excluding hydrogens is 230 g/mol. The summed E-state index contributed by atoms with van der Waals surface area (Å²) in [5, 5.41) is 5.90. The first-order chi connectivity index (χ1) is 8.67. The highest BCUT2D eigenvalue weighted by atomic mass is 16.5. The second-order valence-corrected chi connectivity index (χ2v) is 4.06. The van der Waals surface area contributed by atoms with Crippen molar-refractivity contribution < 1.29 is 9.53 Å². The quantitative estimate of drug-likeness (QED) is 0.741. The summed E-state index contributed by atoms with van der Waals surface area (Å²) in [6, 6.07) is 3.58. The number of hydrogen-bond acceptors (Lipinski definition) is 5. The molecule has 1 aliphatic heterocycles. The van der Waals surface area contributed by atoms with Crippen LogP contribution in [0.15, 0.2) is 29.0 Å². The van der Waals surface area contributed by atoms with E-state index in [1.807, 2.05) is 31.9 Å². The van der Waals surface area contributed by atoms with E-state index in [0.29, 0.717) is 18.1 Å². The Hall–Kier alpha value is -2.13. The van der Waals surface area contributed by atoms with Crippen molar-refractivity contribution in [1.82, 2.24) is 9.99 Å². The molecule has 94 valence electrons.